The molecule has 0 bridgehead atoms. The van der Waals surface area contributed by atoms with E-state index in [-0.39, 0.29) is 17.8 Å². The number of nitrogens with zero attached hydrogens (tertiary/aromatic N) is 1. The molecule has 1 saturated heterocycles. The predicted molar refractivity (Wildman–Crippen MR) is 69.9 cm³/mol. The lowest BCUT2D eigenvalue weighted by molar-refractivity contribution is -0.143. The molecule has 0 spiro atoms. The van der Waals surface area contributed by atoms with Crippen LogP contribution in [0.15, 0.2) is 24.3 Å². The largest absolute Gasteiger partial charge is 0.370 e. The van der Waals surface area contributed by atoms with Gasteiger partial charge in [0, 0.05) is 6.54 Å². The van der Waals surface area contributed by atoms with Crippen molar-refractivity contribution in [3.63, 3.8) is 0 Å². The number of ether oxygens (including phenoxy) is 1. The van der Waals surface area contributed by atoms with Gasteiger partial charge < -0.3 is 15.4 Å². The average Bonchev–Trinajstić information content (AvgIpc) is 2.38. The SMILES string of the molecule is CC(C)(N)C(=O)N1CCOC(c2ccc(F)cc2)C1. The molecular weight excluding hydrogens is 247 g/mol. The van der Waals surface area contributed by atoms with Crippen molar-refractivity contribution >= 4 is 5.91 Å². The third-order valence-electron chi connectivity index (χ3n) is 3.15. The van der Waals surface area contributed by atoms with E-state index in [1.807, 2.05) is 0 Å². The van der Waals surface area contributed by atoms with Crippen molar-refractivity contribution in [2.24, 2.45) is 5.73 Å². The Morgan fingerprint density at radius 1 is 1.42 bits per heavy atom. The summed E-state index contributed by atoms with van der Waals surface area (Å²) < 4.78 is 18.5. The molecule has 2 rings (SSSR count). The van der Waals surface area contributed by atoms with Gasteiger partial charge in [-0.25, -0.2) is 4.39 Å². The summed E-state index contributed by atoms with van der Waals surface area (Å²) in [6.07, 6.45) is -0.222. The molecule has 1 aromatic carbocycles. The standard InChI is InChI=1S/C14H19FN2O2/c1-14(2,16)13(18)17-7-8-19-12(9-17)10-3-5-11(15)6-4-10/h3-6,12H,7-9,16H2,1-2H3. The molecular formula is C14H19FN2O2. The molecule has 2 N–H and O–H groups in total. The summed E-state index contributed by atoms with van der Waals surface area (Å²) in [6, 6.07) is 6.15. The fraction of sp³-hybridized carbons (Fsp3) is 0.500. The van der Waals surface area contributed by atoms with Gasteiger partial charge in [-0.1, -0.05) is 12.1 Å². The third-order valence-corrected chi connectivity index (χ3v) is 3.15. The lowest BCUT2D eigenvalue weighted by atomic mass is 10.0. The van der Waals surface area contributed by atoms with Crippen LogP contribution in [-0.2, 0) is 9.53 Å². The number of hydrogen-bond acceptors (Lipinski definition) is 3. The number of benzene rings is 1. The highest BCUT2D eigenvalue weighted by Crippen LogP contribution is 2.23. The van der Waals surface area contributed by atoms with E-state index in [2.05, 4.69) is 0 Å². The van der Waals surface area contributed by atoms with Gasteiger partial charge in [-0.3, -0.25) is 4.79 Å². The Morgan fingerprint density at radius 3 is 2.63 bits per heavy atom. The van der Waals surface area contributed by atoms with E-state index in [0.717, 1.165) is 5.56 Å². The smallest absolute Gasteiger partial charge is 0.242 e. The second kappa shape index (κ2) is 5.27. The number of morpholine rings is 1. The fourth-order valence-corrected chi connectivity index (χ4v) is 2.12. The molecule has 1 heterocycles. The number of hydrogen-bond donors (Lipinski definition) is 1. The molecule has 104 valence electrons. The quantitative estimate of drug-likeness (QED) is 0.881. The molecule has 1 atom stereocenters. The molecule has 0 aromatic heterocycles. The lowest BCUT2D eigenvalue weighted by Gasteiger charge is -2.36. The third kappa shape index (κ3) is 3.30. The van der Waals surface area contributed by atoms with Gasteiger partial charge in [0.15, 0.2) is 0 Å². The summed E-state index contributed by atoms with van der Waals surface area (Å²) in [5, 5.41) is 0. The first-order chi connectivity index (χ1) is 8.88. The van der Waals surface area contributed by atoms with Crippen LogP contribution < -0.4 is 5.73 Å². The Balaban J connectivity index is 2.09. The van der Waals surface area contributed by atoms with E-state index in [1.165, 1.54) is 12.1 Å². The zero-order chi connectivity index (χ0) is 14.0. The predicted octanol–water partition coefficient (Wildman–Crippen LogP) is 1.46. The molecule has 1 aliphatic heterocycles. The van der Waals surface area contributed by atoms with Gasteiger partial charge >= 0.3 is 0 Å². The van der Waals surface area contributed by atoms with Crippen LogP contribution in [0.1, 0.15) is 25.5 Å². The summed E-state index contributed by atoms with van der Waals surface area (Å²) >= 11 is 0. The Hall–Kier alpha value is -1.46. The van der Waals surface area contributed by atoms with Crippen LogP contribution in [0.5, 0.6) is 0 Å². The van der Waals surface area contributed by atoms with Crippen LogP contribution in [0, 0.1) is 5.82 Å². The molecule has 1 unspecified atom stereocenters. The normalized spacial score (nSPS) is 20.4. The number of amides is 1. The van der Waals surface area contributed by atoms with E-state index < -0.39 is 5.54 Å². The molecule has 4 nitrogen and oxygen atoms in total. The molecule has 5 heteroatoms. The van der Waals surface area contributed by atoms with Crippen LogP contribution in [0.2, 0.25) is 0 Å². The molecule has 0 aliphatic carbocycles. The first kappa shape index (κ1) is 14.0. The van der Waals surface area contributed by atoms with Gasteiger partial charge in [0.1, 0.15) is 11.9 Å². The number of halogens is 1. The highest BCUT2D eigenvalue weighted by Gasteiger charge is 2.32. The van der Waals surface area contributed by atoms with Crippen LogP contribution >= 0.6 is 0 Å². The van der Waals surface area contributed by atoms with Gasteiger partial charge in [-0.2, -0.15) is 0 Å². The van der Waals surface area contributed by atoms with E-state index >= 15 is 0 Å². The summed E-state index contributed by atoms with van der Waals surface area (Å²) in [5.41, 5.74) is 5.82. The number of carbonyl (C=O) groups excluding carboxylic acids is 1. The highest BCUT2D eigenvalue weighted by atomic mass is 19.1. The van der Waals surface area contributed by atoms with Crippen molar-refractivity contribution in [3.8, 4) is 0 Å². The van der Waals surface area contributed by atoms with Crippen molar-refractivity contribution in [1.29, 1.82) is 0 Å². The monoisotopic (exact) mass is 266 g/mol. The summed E-state index contributed by atoms with van der Waals surface area (Å²) in [4.78, 5) is 13.8. The number of nitrogens with two attached hydrogens (primary N) is 1. The number of rotatable bonds is 2. The number of carbonyl (C=O) groups is 1. The van der Waals surface area contributed by atoms with Gasteiger partial charge in [0.2, 0.25) is 5.91 Å². The zero-order valence-electron chi connectivity index (χ0n) is 11.2. The maximum Gasteiger partial charge on any atom is 0.242 e. The summed E-state index contributed by atoms with van der Waals surface area (Å²) in [6.45, 7) is 4.83. The second-order valence-electron chi connectivity index (χ2n) is 5.38. The van der Waals surface area contributed by atoms with Crippen LogP contribution in [-0.4, -0.2) is 36.0 Å². The highest BCUT2D eigenvalue weighted by molar-refractivity contribution is 5.85. The lowest BCUT2D eigenvalue weighted by Crippen LogP contribution is -2.54. The first-order valence-corrected chi connectivity index (χ1v) is 6.33. The maximum absolute atomic E-state index is 12.9. The topological polar surface area (TPSA) is 55.6 Å². The van der Waals surface area contributed by atoms with Crippen LogP contribution in [0.3, 0.4) is 0 Å². The minimum absolute atomic E-state index is 0.0945. The Morgan fingerprint density at radius 2 is 2.05 bits per heavy atom. The summed E-state index contributed by atoms with van der Waals surface area (Å²) in [7, 11) is 0. The average molecular weight is 266 g/mol. The van der Waals surface area contributed by atoms with Crippen molar-refractivity contribution in [2.75, 3.05) is 19.7 Å². The molecule has 1 aliphatic rings. The first-order valence-electron chi connectivity index (χ1n) is 6.33. The van der Waals surface area contributed by atoms with E-state index in [4.69, 9.17) is 10.5 Å². The Labute approximate surface area is 112 Å². The van der Waals surface area contributed by atoms with Crippen LogP contribution in [0.25, 0.3) is 0 Å². The van der Waals surface area contributed by atoms with E-state index in [9.17, 15) is 9.18 Å². The van der Waals surface area contributed by atoms with Gasteiger partial charge in [-0.05, 0) is 31.5 Å². The zero-order valence-corrected chi connectivity index (χ0v) is 11.2. The van der Waals surface area contributed by atoms with Crippen LogP contribution in [0.4, 0.5) is 4.39 Å². The molecule has 1 amide bonds. The maximum atomic E-state index is 12.9. The van der Waals surface area contributed by atoms with E-state index in [1.54, 1.807) is 30.9 Å². The fourth-order valence-electron chi connectivity index (χ4n) is 2.12. The molecule has 1 aromatic rings. The molecule has 0 saturated carbocycles. The molecule has 19 heavy (non-hydrogen) atoms. The van der Waals surface area contributed by atoms with E-state index in [0.29, 0.717) is 19.7 Å². The van der Waals surface area contributed by atoms with Gasteiger partial charge in [-0.15, -0.1) is 0 Å². The Bertz CT molecular complexity index is 454. The van der Waals surface area contributed by atoms with Gasteiger partial charge in [0.25, 0.3) is 0 Å². The van der Waals surface area contributed by atoms with Crippen molar-refractivity contribution in [1.82, 2.24) is 4.90 Å². The molecule has 0 radical (unpaired) electrons. The van der Waals surface area contributed by atoms with Crippen molar-refractivity contribution in [3.05, 3.63) is 35.6 Å². The minimum Gasteiger partial charge on any atom is -0.370 e. The van der Waals surface area contributed by atoms with Crippen molar-refractivity contribution in [2.45, 2.75) is 25.5 Å². The summed E-state index contributed by atoms with van der Waals surface area (Å²) in [5.74, 6) is -0.376. The van der Waals surface area contributed by atoms with Gasteiger partial charge in [0.05, 0.1) is 18.7 Å². The second-order valence-corrected chi connectivity index (χ2v) is 5.38. The van der Waals surface area contributed by atoms with Crippen molar-refractivity contribution < 1.29 is 13.9 Å². The Kier molecular flexibility index (Phi) is 3.87. The minimum atomic E-state index is -0.884. The molecule has 1 fully saturated rings.